The van der Waals surface area contributed by atoms with Crippen molar-refractivity contribution in [1.29, 1.82) is 0 Å². The second-order valence-corrected chi connectivity index (χ2v) is 5.14. The van der Waals surface area contributed by atoms with Gasteiger partial charge in [-0.15, -0.1) is 0 Å². The summed E-state index contributed by atoms with van der Waals surface area (Å²) in [5.74, 6) is 0.367. The van der Waals surface area contributed by atoms with Crippen LogP contribution in [-0.4, -0.2) is 20.2 Å². The largest absolute Gasteiger partial charge is 0.495 e. The fraction of sp³-hybridized carbons (Fsp3) is 0.267. The third-order valence-corrected chi connectivity index (χ3v) is 3.67. The van der Waals surface area contributed by atoms with Crippen LogP contribution in [0.5, 0.6) is 5.75 Å². The van der Waals surface area contributed by atoms with Crippen LogP contribution < -0.4 is 10.1 Å². The van der Waals surface area contributed by atoms with E-state index in [4.69, 9.17) is 9.47 Å². The SMILES string of the molecule is COC(=O)C(Nc1cc(C)ccc1OC)c1ccsc1. The van der Waals surface area contributed by atoms with Crippen LogP contribution >= 0.6 is 11.3 Å². The molecule has 0 saturated heterocycles. The number of aryl methyl sites for hydroxylation is 1. The monoisotopic (exact) mass is 291 g/mol. The summed E-state index contributed by atoms with van der Waals surface area (Å²) in [5.41, 5.74) is 2.74. The minimum absolute atomic E-state index is 0.327. The summed E-state index contributed by atoms with van der Waals surface area (Å²) >= 11 is 1.54. The maximum absolute atomic E-state index is 12.0. The zero-order valence-electron chi connectivity index (χ0n) is 11.7. The Kier molecular flexibility index (Phi) is 4.63. The van der Waals surface area contributed by atoms with Crippen LogP contribution in [0.4, 0.5) is 5.69 Å². The van der Waals surface area contributed by atoms with Gasteiger partial charge in [0, 0.05) is 0 Å². The number of hydrogen-bond donors (Lipinski definition) is 1. The Morgan fingerprint density at radius 3 is 2.70 bits per heavy atom. The van der Waals surface area contributed by atoms with Crippen molar-refractivity contribution in [3.8, 4) is 5.75 Å². The summed E-state index contributed by atoms with van der Waals surface area (Å²) in [7, 11) is 2.99. The Hall–Kier alpha value is -2.01. The molecular weight excluding hydrogens is 274 g/mol. The van der Waals surface area contributed by atoms with Gasteiger partial charge in [0.1, 0.15) is 5.75 Å². The van der Waals surface area contributed by atoms with Crippen molar-refractivity contribution in [1.82, 2.24) is 0 Å². The fourth-order valence-electron chi connectivity index (χ4n) is 1.93. The standard InChI is InChI=1S/C15H17NO3S/c1-10-4-5-13(18-2)12(8-10)16-14(15(17)19-3)11-6-7-20-9-11/h4-9,14,16H,1-3H3. The molecule has 0 amide bonds. The van der Waals surface area contributed by atoms with Crippen LogP contribution in [0.2, 0.25) is 0 Å². The Balaban J connectivity index is 2.33. The molecule has 0 saturated carbocycles. The first kappa shape index (κ1) is 14.4. The van der Waals surface area contributed by atoms with Gasteiger partial charge in [0.15, 0.2) is 6.04 Å². The minimum Gasteiger partial charge on any atom is -0.495 e. The van der Waals surface area contributed by atoms with E-state index in [9.17, 15) is 4.79 Å². The molecule has 2 rings (SSSR count). The quantitative estimate of drug-likeness (QED) is 0.858. The van der Waals surface area contributed by atoms with Crippen LogP contribution in [0.1, 0.15) is 17.2 Å². The van der Waals surface area contributed by atoms with Gasteiger partial charge in [0.2, 0.25) is 0 Å². The van der Waals surface area contributed by atoms with E-state index < -0.39 is 6.04 Å². The van der Waals surface area contributed by atoms with Crippen LogP contribution in [0, 0.1) is 6.92 Å². The highest BCUT2D eigenvalue weighted by Gasteiger charge is 2.22. The summed E-state index contributed by atoms with van der Waals surface area (Å²) in [4.78, 5) is 12.0. The number of esters is 1. The smallest absolute Gasteiger partial charge is 0.333 e. The van der Waals surface area contributed by atoms with Gasteiger partial charge in [-0.1, -0.05) is 6.07 Å². The molecule has 0 fully saturated rings. The number of nitrogens with one attached hydrogen (secondary N) is 1. The molecule has 0 aliphatic heterocycles. The van der Waals surface area contributed by atoms with Crippen molar-refractivity contribution >= 4 is 23.0 Å². The van der Waals surface area contributed by atoms with E-state index in [0.717, 1.165) is 16.8 Å². The van der Waals surface area contributed by atoms with Crippen molar-refractivity contribution in [3.63, 3.8) is 0 Å². The summed E-state index contributed by atoms with van der Waals surface area (Å²) in [6.45, 7) is 1.99. The van der Waals surface area contributed by atoms with Crippen LogP contribution in [0.3, 0.4) is 0 Å². The lowest BCUT2D eigenvalue weighted by Gasteiger charge is -2.19. The van der Waals surface area contributed by atoms with Crippen molar-refractivity contribution < 1.29 is 14.3 Å². The number of rotatable bonds is 5. The predicted molar refractivity (Wildman–Crippen MR) is 80.4 cm³/mol. The van der Waals surface area contributed by atoms with Gasteiger partial charge in [0.05, 0.1) is 19.9 Å². The number of benzene rings is 1. The van der Waals surface area contributed by atoms with Gasteiger partial charge < -0.3 is 14.8 Å². The maximum atomic E-state index is 12.0. The van der Waals surface area contributed by atoms with E-state index in [0.29, 0.717) is 5.75 Å². The Morgan fingerprint density at radius 2 is 2.10 bits per heavy atom. The molecular formula is C15H17NO3S. The number of thiophene rings is 1. The summed E-state index contributed by atoms with van der Waals surface area (Å²) in [6.07, 6.45) is 0. The van der Waals surface area contributed by atoms with E-state index in [-0.39, 0.29) is 5.97 Å². The molecule has 1 aromatic carbocycles. The molecule has 1 N–H and O–H groups in total. The first-order valence-corrected chi connectivity index (χ1v) is 7.11. The molecule has 5 heteroatoms. The van der Waals surface area contributed by atoms with Gasteiger partial charge in [-0.3, -0.25) is 0 Å². The highest BCUT2D eigenvalue weighted by atomic mass is 32.1. The van der Waals surface area contributed by atoms with E-state index in [2.05, 4.69) is 5.32 Å². The summed E-state index contributed by atoms with van der Waals surface area (Å²) in [5, 5.41) is 7.06. The van der Waals surface area contributed by atoms with Gasteiger partial charge in [-0.25, -0.2) is 4.79 Å². The second kappa shape index (κ2) is 6.43. The number of carbonyl (C=O) groups is 1. The van der Waals surface area contributed by atoms with E-state index in [1.54, 1.807) is 18.4 Å². The average Bonchev–Trinajstić information content (AvgIpc) is 2.98. The molecule has 0 radical (unpaired) electrons. The van der Waals surface area contributed by atoms with Crippen LogP contribution in [0.15, 0.2) is 35.0 Å². The molecule has 4 nitrogen and oxygen atoms in total. The zero-order chi connectivity index (χ0) is 14.5. The summed E-state index contributed by atoms with van der Waals surface area (Å²) in [6, 6.07) is 7.14. The lowest BCUT2D eigenvalue weighted by atomic mass is 10.1. The molecule has 20 heavy (non-hydrogen) atoms. The summed E-state index contributed by atoms with van der Waals surface area (Å²) < 4.78 is 10.2. The number of methoxy groups -OCH3 is 2. The van der Waals surface area contributed by atoms with Crippen LogP contribution in [0.25, 0.3) is 0 Å². The number of ether oxygens (including phenoxy) is 2. The van der Waals surface area contributed by atoms with Crippen molar-refractivity contribution in [3.05, 3.63) is 46.2 Å². The lowest BCUT2D eigenvalue weighted by Crippen LogP contribution is -2.22. The molecule has 0 aliphatic rings. The lowest BCUT2D eigenvalue weighted by molar-refractivity contribution is -0.141. The molecule has 2 aromatic rings. The molecule has 1 aromatic heterocycles. The van der Waals surface area contributed by atoms with Gasteiger partial charge >= 0.3 is 5.97 Å². The molecule has 1 unspecified atom stereocenters. The molecule has 106 valence electrons. The van der Waals surface area contributed by atoms with Crippen molar-refractivity contribution in [2.24, 2.45) is 0 Å². The maximum Gasteiger partial charge on any atom is 0.333 e. The molecule has 0 aliphatic carbocycles. The van der Waals surface area contributed by atoms with Crippen molar-refractivity contribution in [2.45, 2.75) is 13.0 Å². The number of anilines is 1. The molecule has 0 bridgehead atoms. The van der Waals surface area contributed by atoms with Gasteiger partial charge in [-0.2, -0.15) is 11.3 Å². The van der Waals surface area contributed by atoms with E-state index >= 15 is 0 Å². The first-order chi connectivity index (χ1) is 9.65. The predicted octanol–water partition coefficient (Wildman–Crippen LogP) is 3.39. The number of carbonyl (C=O) groups excluding carboxylic acids is 1. The highest BCUT2D eigenvalue weighted by Crippen LogP contribution is 2.30. The van der Waals surface area contributed by atoms with E-state index in [1.807, 2.05) is 41.9 Å². The third-order valence-electron chi connectivity index (χ3n) is 2.97. The van der Waals surface area contributed by atoms with E-state index in [1.165, 1.54) is 7.11 Å². The third kappa shape index (κ3) is 3.11. The Bertz CT molecular complexity index is 581. The fourth-order valence-corrected chi connectivity index (χ4v) is 2.61. The minimum atomic E-state index is -0.540. The average molecular weight is 291 g/mol. The van der Waals surface area contributed by atoms with Crippen LogP contribution in [-0.2, 0) is 9.53 Å². The normalized spacial score (nSPS) is 11.8. The Labute approximate surface area is 122 Å². The zero-order valence-corrected chi connectivity index (χ0v) is 12.5. The van der Waals surface area contributed by atoms with Gasteiger partial charge in [0.25, 0.3) is 0 Å². The number of hydrogen-bond acceptors (Lipinski definition) is 5. The highest BCUT2D eigenvalue weighted by molar-refractivity contribution is 7.08. The molecule has 0 spiro atoms. The Morgan fingerprint density at radius 1 is 1.30 bits per heavy atom. The van der Waals surface area contributed by atoms with Gasteiger partial charge in [-0.05, 0) is 47.0 Å². The second-order valence-electron chi connectivity index (χ2n) is 4.36. The first-order valence-electron chi connectivity index (χ1n) is 6.17. The molecule has 1 atom stereocenters. The topological polar surface area (TPSA) is 47.6 Å². The molecule has 1 heterocycles. The van der Waals surface area contributed by atoms with Crippen molar-refractivity contribution in [2.75, 3.05) is 19.5 Å².